The number of nitrogens with one attached hydrogen (secondary N) is 2. The Morgan fingerprint density at radius 3 is 3.00 bits per heavy atom. The fourth-order valence-corrected chi connectivity index (χ4v) is 3.13. The molecule has 0 bridgehead atoms. The zero-order chi connectivity index (χ0) is 16.0. The van der Waals surface area contributed by atoms with Crippen molar-refractivity contribution in [3.63, 3.8) is 0 Å². The van der Waals surface area contributed by atoms with Crippen molar-refractivity contribution in [1.29, 1.82) is 0 Å². The first-order valence-electron chi connectivity index (χ1n) is 7.43. The van der Waals surface area contributed by atoms with Crippen LogP contribution in [0.25, 0.3) is 11.3 Å². The quantitative estimate of drug-likeness (QED) is 0.770. The zero-order valence-corrected chi connectivity index (χ0v) is 13.6. The molecule has 0 atom stereocenters. The smallest absolute Gasteiger partial charge is 0.277 e. The summed E-state index contributed by atoms with van der Waals surface area (Å²) in [7, 11) is 1.89. The SMILES string of the molecule is Cc1c(-c2csc(NC(=O)c3cc(C4CC4)[nH]n3)n2)cnn1C. The number of nitrogens with zero attached hydrogens (tertiary/aromatic N) is 4. The number of anilines is 1. The van der Waals surface area contributed by atoms with Gasteiger partial charge in [-0.2, -0.15) is 10.2 Å². The number of aryl methyl sites for hydroxylation is 1. The van der Waals surface area contributed by atoms with Gasteiger partial charge in [0.25, 0.3) is 5.91 Å². The van der Waals surface area contributed by atoms with Crippen LogP contribution >= 0.6 is 11.3 Å². The second-order valence-corrected chi connectivity index (χ2v) is 6.60. The third kappa shape index (κ3) is 2.65. The molecule has 4 rings (SSSR count). The molecule has 0 aromatic carbocycles. The van der Waals surface area contributed by atoms with Gasteiger partial charge in [0.15, 0.2) is 10.8 Å². The number of carbonyl (C=O) groups excluding carboxylic acids is 1. The third-order valence-electron chi connectivity index (χ3n) is 4.08. The number of thiazole rings is 1. The number of hydrogen-bond donors (Lipinski definition) is 2. The average molecular weight is 328 g/mol. The molecule has 1 aliphatic carbocycles. The number of H-pyrrole nitrogens is 1. The van der Waals surface area contributed by atoms with E-state index in [0.717, 1.165) is 22.6 Å². The van der Waals surface area contributed by atoms with Crippen LogP contribution in [0.2, 0.25) is 0 Å². The van der Waals surface area contributed by atoms with Crippen LogP contribution in [-0.4, -0.2) is 30.9 Å². The predicted molar refractivity (Wildman–Crippen MR) is 87.6 cm³/mol. The van der Waals surface area contributed by atoms with E-state index < -0.39 is 0 Å². The lowest BCUT2D eigenvalue weighted by atomic mass is 10.2. The Bertz CT molecular complexity index is 872. The maximum atomic E-state index is 12.2. The second kappa shape index (κ2) is 5.31. The topological polar surface area (TPSA) is 88.5 Å². The molecule has 0 radical (unpaired) electrons. The monoisotopic (exact) mass is 328 g/mol. The average Bonchev–Trinajstić information content (AvgIpc) is 2.95. The van der Waals surface area contributed by atoms with Crippen molar-refractivity contribution in [1.82, 2.24) is 25.0 Å². The first-order chi connectivity index (χ1) is 11.1. The molecule has 23 heavy (non-hydrogen) atoms. The normalized spacial score (nSPS) is 14.2. The molecule has 2 N–H and O–H groups in total. The van der Waals surface area contributed by atoms with Gasteiger partial charge in [-0.15, -0.1) is 11.3 Å². The van der Waals surface area contributed by atoms with Crippen LogP contribution in [0.5, 0.6) is 0 Å². The molecule has 1 amide bonds. The lowest BCUT2D eigenvalue weighted by Crippen LogP contribution is -2.12. The molecule has 3 aromatic rings. The molecule has 1 aliphatic rings. The van der Waals surface area contributed by atoms with E-state index in [4.69, 9.17) is 0 Å². The van der Waals surface area contributed by atoms with Crippen molar-refractivity contribution in [3.05, 3.63) is 34.7 Å². The van der Waals surface area contributed by atoms with Gasteiger partial charge in [-0.25, -0.2) is 4.98 Å². The van der Waals surface area contributed by atoms with Crippen molar-refractivity contribution in [2.45, 2.75) is 25.7 Å². The van der Waals surface area contributed by atoms with Crippen molar-refractivity contribution >= 4 is 22.4 Å². The number of rotatable bonds is 4. The minimum absolute atomic E-state index is 0.239. The van der Waals surface area contributed by atoms with Crippen molar-refractivity contribution in [3.8, 4) is 11.3 Å². The Kier molecular flexibility index (Phi) is 3.26. The van der Waals surface area contributed by atoms with Crippen molar-refractivity contribution in [2.24, 2.45) is 7.05 Å². The fraction of sp³-hybridized carbons (Fsp3) is 0.333. The van der Waals surface area contributed by atoms with Gasteiger partial charge in [-0.3, -0.25) is 19.9 Å². The van der Waals surface area contributed by atoms with Gasteiger partial charge < -0.3 is 0 Å². The van der Waals surface area contributed by atoms with E-state index in [2.05, 4.69) is 25.6 Å². The lowest BCUT2D eigenvalue weighted by Gasteiger charge is -1.98. The lowest BCUT2D eigenvalue weighted by molar-refractivity contribution is 0.102. The summed E-state index contributed by atoms with van der Waals surface area (Å²) in [6.07, 6.45) is 4.12. The molecule has 3 aromatic heterocycles. The number of aromatic nitrogens is 5. The Labute approximate surface area is 136 Å². The van der Waals surface area contributed by atoms with Crippen molar-refractivity contribution < 1.29 is 4.79 Å². The highest BCUT2D eigenvalue weighted by molar-refractivity contribution is 7.14. The Morgan fingerprint density at radius 2 is 2.30 bits per heavy atom. The van der Waals surface area contributed by atoms with Gasteiger partial charge in [0.2, 0.25) is 0 Å². The summed E-state index contributed by atoms with van der Waals surface area (Å²) in [4.78, 5) is 16.7. The Hall–Kier alpha value is -2.48. The fourth-order valence-electron chi connectivity index (χ4n) is 2.42. The van der Waals surface area contributed by atoms with Gasteiger partial charge in [0.1, 0.15) is 0 Å². The third-order valence-corrected chi connectivity index (χ3v) is 4.84. The maximum absolute atomic E-state index is 12.2. The zero-order valence-electron chi connectivity index (χ0n) is 12.8. The van der Waals surface area contributed by atoms with E-state index in [-0.39, 0.29) is 5.91 Å². The molecule has 0 aliphatic heterocycles. The van der Waals surface area contributed by atoms with Crippen LogP contribution in [0.3, 0.4) is 0 Å². The molecule has 0 saturated heterocycles. The van der Waals surface area contributed by atoms with Crippen LogP contribution in [0.1, 0.15) is 40.6 Å². The van der Waals surface area contributed by atoms with Gasteiger partial charge in [0, 0.05) is 35.3 Å². The summed E-state index contributed by atoms with van der Waals surface area (Å²) in [5, 5.41) is 16.5. The van der Waals surface area contributed by atoms with Crippen LogP contribution in [-0.2, 0) is 7.05 Å². The number of aromatic amines is 1. The maximum Gasteiger partial charge on any atom is 0.277 e. The largest absolute Gasteiger partial charge is 0.296 e. The van der Waals surface area contributed by atoms with Crippen LogP contribution in [0, 0.1) is 6.92 Å². The van der Waals surface area contributed by atoms with Gasteiger partial charge in [-0.1, -0.05) is 0 Å². The van der Waals surface area contributed by atoms with E-state index in [9.17, 15) is 4.79 Å². The Balaban J connectivity index is 1.50. The van der Waals surface area contributed by atoms with Gasteiger partial charge >= 0.3 is 0 Å². The van der Waals surface area contributed by atoms with Gasteiger partial charge in [0.05, 0.1) is 11.9 Å². The molecule has 0 unspecified atom stereocenters. The summed E-state index contributed by atoms with van der Waals surface area (Å²) in [6, 6.07) is 1.83. The van der Waals surface area contributed by atoms with E-state index in [1.807, 2.05) is 25.4 Å². The van der Waals surface area contributed by atoms with Crippen LogP contribution in [0.4, 0.5) is 5.13 Å². The summed E-state index contributed by atoms with van der Waals surface area (Å²) in [5.74, 6) is 0.307. The van der Waals surface area contributed by atoms with E-state index >= 15 is 0 Å². The van der Waals surface area contributed by atoms with Crippen LogP contribution in [0.15, 0.2) is 17.6 Å². The standard InChI is InChI=1S/C15H16N6OS/c1-8-10(6-16-21(8)2)13-7-23-15(17-13)18-14(22)12-5-11(19-20-12)9-3-4-9/h5-7,9H,3-4H2,1-2H3,(H,19,20)(H,17,18,22). The molecule has 0 spiro atoms. The minimum Gasteiger partial charge on any atom is -0.296 e. The highest BCUT2D eigenvalue weighted by Crippen LogP contribution is 2.39. The summed E-state index contributed by atoms with van der Waals surface area (Å²) >= 11 is 1.39. The minimum atomic E-state index is -0.239. The number of hydrogen-bond acceptors (Lipinski definition) is 5. The van der Waals surface area contributed by atoms with Crippen molar-refractivity contribution in [2.75, 3.05) is 5.32 Å². The molecule has 7 nitrogen and oxygen atoms in total. The van der Waals surface area contributed by atoms with E-state index in [1.165, 1.54) is 24.2 Å². The predicted octanol–water partition coefficient (Wildman–Crippen LogP) is 2.70. The molecule has 118 valence electrons. The Morgan fingerprint density at radius 1 is 1.48 bits per heavy atom. The summed E-state index contributed by atoms with van der Waals surface area (Å²) in [5.41, 5.74) is 4.27. The molecular weight excluding hydrogens is 312 g/mol. The molecule has 3 heterocycles. The summed E-state index contributed by atoms with van der Waals surface area (Å²) < 4.78 is 1.80. The molecule has 1 saturated carbocycles. The van der Waals surface area contributed by atoms with Gasteiger partial charge in [-0.05, 0) is 25.8 Å². The molecule has 1 fully saturated rings. The second-order valence-electron chi connectivity index (χ2n) is 5.74. The highest BCUT2D eigenvalue weighted by Gasteiger charge is 2.26. The summed E-state index contributed by atoms with van der Waals surface area (Å²) in [6.45, 7) is 1.99. The molecule has 8 heteroatoms. The first-order valence-corrected chi connectivity index (χ1v) is 8.31. The highest BCUT2D eigenvalue weighted by atomic mass is 32.1. The van der Waals surface area contributed by atoms with E-state index in [1.54, 1.807) is 10.9 Å². The molecular formula is C15H16N6OS. The number of carbonyl (C=O) groups is 1. The van der Waals surface area contributed by atoms with Crippen LogP contribution < -0.4 is 5.32 Å². The first kappa shape index (κ1) is 14.1. The van der Waals surface area contributed by atoms with E-state index in [0.29, 0.717) is 16.7 Å². The number of amides is 1.